The van der Waals surface area contributed by atoms with Crippen LogP contribution in [0.4, 0.5) is 5.69 Å². The quantitative estimate of drug-likeness (QED) is 0.708. The molecule has 0 aliphatic heterocycles. The largest absolute Gasteiger partial charge is 0.448 e. The number of hydrogen-bond donors (Lipinski definition) is 2. The Bertz CT molecular complexity index is 890. The van der Waals surface area contributed by atoms with Crippen molar-refractivity contribution in [3.8, 4) is 0 Å². The highest BCUT2D eigenvalue weighted by Gasteiger charge is 2.21. The zero-order chi connectivity index (χ0) is 18.0. The maximum absolute atomic E-state index is 12.4. The molecule has 5 heteroatoms. The molecular weight excluding hydrogens is 316 g/mol. The standard InChI is InChI=1S/C20H20N2O3/c1-12-7-6-8-13(2)18(12)22-19(23)14(3)25-20(24)17-11-15-9-4-5-10-16(15)21-17/h4-11,14,21H,1-3H3,(H,22,23)/t14-/m1/s1. The van der Waals surface area contributed by atoms with Gasteiger partial charge in [0.1, 0.15) is 5.69 Å². The minimum absolute atomic E-state index is 0.327. The molecule has 1 atom stereocenters. The van der Waals surface area contributed by atoms with Crippen molar-refractivity contribution in [3.05, 3.63) is 65.4 Å². The predicted octanol–water partition coefficient (Wildman–Crippen LogP) is 3.97. The summed E-state index contributed by atoms with van der Waals surface area (Å²) in [7, 11) is 0. The normalized spacial score (nSPS) is 12.0. The van der Waals surface area contributed by atoms with Crippen LogP contribution in [-0.2, 0) is 9.53 Å². The second-order valence-corrected chi connectivity index (χ2v) is 6.07. The fraction of sp³-hybridized carbons (Fsp3) is 0.200. The van der Waals surface area contributed by atoms with Crippen LogP contribution in [0.15, 0.2) is 48.5 Å². The molecule has 25 heavy (non-hydrogen) atoms. The number of benzene rings is 2. The Balaban J connectivity index is 1.69. The molecule has 0 bridgehead atoms. The van der Waals surface area contributed by atoms with E-state index in [9.17, 15) is 9.59 Å². The number of hydrogen-bond acceptors (Lipinski definition) is 3. The van der Waals surface area contributed by atoms with Gasteiger partial charge in [0, 0.05) is 16.6 Å². The van der Waals surface area contributed by atoms with Gasteiger partial charge in [0.15, 0.2) is 6.10 Å². The average molecular weight is 336 g/mol. The van der Waals surface area contributed by atoms with Crippen molar-refractivity contribution < 1.29 is 14.3 Å². The van der Waals surface area contributed by atoms with E-state index in [4.69, 9.17) is 4.74 Å². The molecule has 0 aliphatic carbocycles. The SMILES string of the molecule is Cc1cccc(C)c1NC(=O)[C@@H](C)OC(=O)c1cc2ccccc2[nH]1. The first-order valence-corrected chi connectivity index (χ1v) is 8.11. The van der Waals surface area contributed by atoms with Crippen molar-refractivity contribution in [2.24, 2.45) is 0 Å². The number of carbonyl (C=O) groups is 2. The maximum Gasteiger partial charge on any atom is 0.355 e. The van der Waals surface area contributed by atoms with Crippen molar-refractivity contribution in [2.75, 3.05) is 5.32 Å². The highest BCUT2D eigenvalue weighted by molar-refractivity contribution is 5.99. The average Bonchev–Trinajstić information content (AvgIpc) is 3.02. The molecule has 0 aliphatic rings. The van der Waals surface area contributed by atoms with E-state index in [2.05, 4.69) is 10.3 Å². The number of carbonyl (C=O) groups excluding carboxylic acids is 2. The first-order valence-electron chi connectivity index (χ1n) is 8.11. The van der Waals surface area contributed by atoms with Crippen LogP contribution in [0.25, 0.3) is 10.9 Å². The van der Waals surface area contributed by atoms with Crippen molar-refractivity contribution in [1.82, 2.24) is 4.98 Å². The monoisotopic (exact) mass is 336 g/mol. The predicted molar refractivity (Wildman–Crippen MR) is 97.7 cm³/mol. The van der Waals surface area contributed by atoms with Crippen LogP contribution in [0.5, 0.6) is 0 Å². The van der Waals surface area contributed by atoms with Crippen LogP contribution in [-0.4, -0.2) is 23.0 Å². The molecule has 1 heterocycles. The smallest absolute Gasteiger partial charge is 0.355 e. The zero-order valence-electron chi connectivity index (χ0n) is 14.4. The van der Waals surface area contributed by atoms with Gasteiger partial charge in [-0.05, 0) is 44.0 Å². The van der Waals surface area contributed by atoms with Gasteiger partial charge < -0.3 is 15.0 Å². The molecule has 1 amide bonds. The summed E-state index contributed by atoms with van der Waals surface area (Å²) in [6, 6.07) is 15.0. The summed E-state index contributed by atoms with van der Waals surface area (Å²) in [4.78, 5) is 27.6. The van der Waals surface area contributed by atoms with E-state index in [1.54, 1.807) is 13.0 Å². The van der Waals surface area contributed by atoms with Crippen LogP contribution in [0, 0.1) is 13.8 Å². The number of nitrogens with one attached hydrogen (secondary N) is 2. The molecule has 5 nitrogen and oxygen atoms in total. The third-order valence-corrected chi connectivity index (χ3v) is 4.13. The molecule has 0 radical (unpaired) electrons. The number of rotatable bonds is 4. The Morgan fingerprint density at radius 3 is 2.40 bits per heavy atom. The summed E-state index contributed by atoms with van der Waals surface area (Å²) < 4.78 is 5.30. The lowest BCUT2D eigenvalue weighted by atomic mass is 10.1. The van der Waals surface area contributed by atoms with E-state index >= 15 is 0 Å². The first-order chi connectivity index (χ1) is 12.0. The van der Waals surface area contributed by atoms with Crippen LogP contribution >= 0.6 is 0 Å². The van der Waals surface area contributed by atoms with Gasteiger partial charge in [-0.15, -0.1) is 0 Å². The van der Waals surface area contributed by atoms with Crippen molar-refractivity contribution in [3.63, 3.8) is 0 Å². The number of H-pyrrole nitrogens is 1. The van der Waals surface area contributed by atoms with Gasteiger partial charge in [0.25, 0.3) is 5.91 Å². The Kier molecular flexibility index (Phi) is 4.57. The number of fused-ring (bicyclic) bond motifs is 1. The molecule has 2 N–H and O–H groups in total. The Hall–Kier alpha value is -3.08. The number of aromatic nitrogens is 1. The zero-order valence-corrected chi connectivity index (χ0v) is 14.4. The molecule has 1 aromatic heterocycles. The van der Waals surface area contributed by atoms with E-state index in [0.717, 1.165) is 27.7 Å². The molecule has 3 rings (SSSR count). The van der Waals surface area contributed by atoms with Gasteiger partial charge in [0.05, 0.1) is 0 Å². The Morgan fingerprint density at radius 2 is 1.72 bits per heavy atom. The molecule has 0 saturated carbocycles. The Labute approximate surface area is 146 Å². The number of esters is 1. The minimum Gasteiger partial charge on any atom is -0.448 e. The van der Waals surface area contributed by atoms with E-state index in [-0.39, 0.29) is 5.91 Å². The highest BCUT2D eigenvalue weighted by Crippen LogP contribution is 2.20. The summed E-state index contributed by atoms with van der Waals surface area (Å²) in [5, 5.41) is 3.75. The number of aryl methyl sites for hydroxylation is 2. The van der Waals surface area contributed by atoms with Gasteiger partial charge in [-0.3, -0.25) is 4.79 Å². The minimum atomic E-state index is -0.905. The summed E-state index contributed by atoms with van der Waals surface area (Å²) in [5.41, 5.74) is 3.85. The molecule has 2 aromatic carbocycles. The van der Waals surface area contributed by atoms with Crippen LogP contribution in [0.1, 0.15) is 28.5 Å². The Morgan fingerprint density at radius 1 is 1.04 bits per heavy atom. The lowest BCUT2D eigenvalue weighted by molar-refractivity contribution is -0.123. The van der Waals surface area contributed by atoms with E-state index in [1.807, 2.05) is 56.3 Å². The van der Waals surface area contributed by atoms with E-state index < -0.39 is 12.1 Å². The fourth-order valence-electron chi connectivity index (χ4n) is 2.70. The third kappa shape index (κ3) is 3.55. The van der Waals surface area contributed by atoms with Crippen LogP contribution in [0.3, 0.4) is 0 Å². The molecule has 0 unspecified atom stereocenters. The number of aromatic amines is 1. The van der Waals surface area contributed by atoms with Crippen molar-refractivity contribution in [1.29, 1.82) is 0 Å². The summed E-state index contributed by atoms with van der Waals surface area (Å²) in [6.45, 7) is 5.40. The number of amides is 1. The fourth-order valence-corrected chi connectivity index (χ4v) is 2.70. The van der Waals surface area contributed by atoms with Gasteiger partial charge >= 0.3 is 5.97 Å². The van der Waals surface area contributed by atoms with E-state index in [1.165, 1.54) is 0 Å². The van der Waals surface area contributed by atoms with Crippen LogP contribution in [0.2, 0.25) is 0 Å². The highest BCUT2D eigenvalue weighted by atomic mass is 16.5. The van der Waals surface area contributed by atoms with Gasteiger partial charge in [-0.25, -0.2) is 4.79 Å². The lowest BCUT2D eigenvalue weighted by Gasteiger charge is -2.15. The number of ether oxygens (including phenoxy) is 1. The molecule has 128 valence electrons. The molecule has 3 aromatic rings. The lowest BCUT2D eigenvalue weighted by Crippen LogP contribution is -2.30. The molecule has 0 fully saturated rings. The van der Waals surface area contributed by atoms with E-state index in [0.29, 0.717) is 5.69 Å². The second-order valence-electron chi connectivity index (χ2n) is 6.07. The van der Waals surface area contributed by atoms with Crippen LogP contribution < -0.4 is 5.32 Å². The molecule has 0 spiro atoms. The first kappa shape index (κ1) is 16.8. The number of para-hydroxylation sites is 2. The topological polar surface area (TPSA) is 71.2 Å². The van der Waals surface area contributed by atoms with Gasteiger partial charge in [-0.2, -0.15) is 0 Å². The number of anilines is 1. The van der Waals surface area contributed by atoms with Crippen molar-refractivity contribution in [2.45, 2.75) is 26.9 Å². The summed E-state index contributed by atoms with van der Waals surface area (Å²) in [5.74, 6) is -0.915. The maximum atomic E-state index is 12.4. The van der Waals surface area contributed by atoms with Gasteiger partial charge in [-0.1, -0.05) is 36.4 Å². The molecule has 0 saturated heterocycles. The second kappa shape index (κ2) is 6.81. The molecular formula is C20H20N2O3. The summed E-state index contributed by atoms with van der Waals surface area (Å²) in [6.07, 6.45) is -0.905. The summed E-state index contributed by atoms with van der Waals surface area (Å²) >= 11 is 0. The van der Waals surface area contributed by atoms with Crippen molar-refractivity contribution >= 4 is 28.5 Å². The third-order valence-electron chi connectivity index (χ3n) is 4.13. The van der Waals surface area contributed by atoms with Gasteiger partial charge in [0.2, 0.25) is 0 Å².